The standard InChI is InChI=1S/C18H18N4OS/c19-11-12-4-6-13(7-5-12)14-10-15(23)20-17-16(14)24-18(21-17)22-8-2-1-3-9-22/h4-7,14H,1-3,8-10H2,(H,20,23). The Morgan fingerprint density at radius 3 is 2.67 bits per heavy atom. The molecule has 4 rings (SSSR count). The molecular formula is C18H18N4OS. The maximum Gasteiger partial charge on any atom is 0.226 e. The van der Waals surface area contributed by atoms with Crippen LogP contribution in [-0.2, 0) is 4.79 Å². The number of hydrogen-bond acceptors (Lipinski definition) is 5. The number of benzene rings is 1. The van der Waals surface area contributed by atoms with Crippen LogP contribution in [0.2, 0.25) is 0 Å². The fourth-order valence-electron chi connectivity index (χ4n) is 3.39. The summed E-state index contributed by atoms with van der Waals surface area (Å²) in [6.45, 7) is 2.09. The van der Waals surface area contributed by atoms with Crippen LogP contribution in [0.25, 0.3) is 0 Å². The Kier molecular flexibility index (Phi) is 3.95. The number of anilines is 2. The lowest BCUT2D eigenvalue weighted by Gasteiger charge is -2.25. The van der Waals surface area contributed by atoms with Gasteiger partial charge in [0.1, 0.15) is 5.82 Å². The van der Waals surface area contributed by atoms with Gasteiger partial charge in [0, 0.05) is 25.4 Å². The van der Waals surface area contributed by atoms with Crippen LogP contribution in [0.5, 0.6) is 0 Å². The number of nitrogens with zero attached hydrogens (tertiary/aromatic N) is 3. The Hall–Kier alpha value is -2.39. The largest absolute Gasteiger partial charge is 0.348 e. The number of carbonyl (C=O) groups excluding carboxylic acids is 1. The van der Waals surface area contributed by atoms with Gasteiger partial charge in [-0.1, -0.05) is 23.5 Å². The van der Waals surface area contributed by atoms with Crippen molar-refractivity contribution in [2.24, 2.45) is 0 Å². The van der Waals surface area contributed by atoms with E-state index in [-0.39, 0.29) is 11.8 Å². The molecule has 0 radical (unpaired) electrons. The minimum absolute atomic E-state index is 0.00681. The molecule has 2 aromatic rings. The Morgan fingerprint density at radius 2 is 1.96 bits per heavy atom. The van der Waals surface area contributed by atoms with Crippen LogP contribution in [-0.4, -0.2) is 24.0 Å². The minimum Gasteiger partial charge on any atom is -0.348 e. The van der Waals surface area contributed by atoms with E-state index in [1.807, 2.05) is 24.3 Å². The number of nitriles is 1. The fourth-order valence-corrected chi connectivity index (χ4v) is 4.59. The van der Waals surface area contributed by atoms with Crippen molar-refractivity contribution < 1.29 is 4.79 Å². The monoisotopic (exact) mass is 338 g/mol. The molecule has 6 heteroatoms. The van der Waals surface area contributed by atoms with Crippen LogP contribution in [0.1, 0.15) is 47.6 Å². The minimum atomic E-state index is 0.00681. The Labute approximate surface area is 144 Å². The van der Waals surface area contributed by atoms with Crippen LogP contribution in [0, 0.1) is 11.3 Å². The third kappa shape index (κ3) is 2.76. The summed E-state index contributed by atoms with van der Waals surface area (Å²) in [5.74, 6) is 0.746. The number of hydrogen-bond donors (Lipinski definition) is 1. The van der Waals surface area contributed by atoms with E-state index in [1.165, 1.54) is 19.3 Å². The third-order valence-corrected chi connectivity index (χ3v) is 5.90. The smallest absolute Gasteiger partial charge is 0.226 e. The average molecular weight is 338 g/mol. The first-order chi connectivity index (χ1) is 11.7. The van der Waals surface area contributed by atoms with Gasteiger partial charge in [-0.15, -0.1) is 0 Å². The molecule has 1 saturated heterocycles. The Bertz CT molecular complexity index is 799. The second kappa shape index (κ2) is 6.25. The molecule has 0 bridgehead atoms. The van der Waals surface area contributed by atoms with E-state index in [2.05, 4.69) is 16.3 Å². The molecule has 24 heavy (non-hydrogen) atoms. The molecule has 1 unspecified atom stereocenters. The first kappa shape index (κ1) is 15.2. The Balaban J connectivity index is 1.69. The molecule has 1 atom stereocenters. The Morgan fingerprint density at radius 1 is 1.21 bits per heavy atom. The first-order valence-electron chi connectivity index (χ1n) is 8.30. The topological polar surface area (TPSA) is 69.0 Å². The molecule has 2 aliphatic rings. The van der Waals surface area contributed by atoms with Gasteiger partial charge in [-0.25, -0.2) is 4.98 Å². The molecule has 122 valence electrons. The van der Waals surface area contributed by atoms with Gasteiger partial charge >= 0.3 is 0 Å². The lowest BCUT2D eigenvalue weighted by Crippen LogP contribution is -2.29. The molecule has 0 saturated carbocycles. The second-order valence-corrected chi connectivity index (χ2v) is 7.30. The number of thiazole rings is 1. The molecule has 1 N–H and O–H groups in total. The van der Waals surface area contributed by atoms with Gasteiger partial charge in [-0.3, -0.25) is 4.79 Å². The van der Waals surface area contributed by atoms with Gasteiger partial charge in [0.2, 0.25) is 5.91 Å². The highest BCUT2D eigenvalue weighted by molar-refractivity contribution is 7.16. The molecular weight excluding hydrogens is 320 g/mol. The van der Waals surface area contributed by atoms with E-state index in [4.69, 9.17) is 10.2 Å². The van der Waals surface area contributed by atoms with Crippen molar-refractivity contribution in [3.05, 3.63) is 40.3 Å². The van der Waals surface area contributed by atoms with Crippen molar-refractivity contribution in [1.29, 1.82) is 5.26 Å². The van der Waals surface area contributed by atoms with Crippen LogP contribution in [0.4, 0.5) is 10.9 Å². The lowest BCUT2D eigenvalue weighted by atomic mass is 9.91. The predicted octanol–water partition coefficient (Wildman–Crippen LogP) is 3.48. The normalized spacial score (nSPS) is 20.2. The van der Waals surface area contributed by atoms with Gasteiger partial charge < -0.3 is 10.2 Å². The van der Waals surface area contributed by atoms with E-state index in [9.17, 15) is 4.79 Å². The summed E-state index contributed by atoms with van der Waals surface area (Å²) >= 11 is 1.69. The number of piperidine rings is 1. The van der Waals surface area contributed by atoms with Crippen molar-refractivity contribution in [3.8, 4) is 6.07 Å². The molecule has 0 spiro atoms. The number of fused-ring (bicyclic) bond motifs is 1. The molecule has 1 aromatic heterocycles. The van der Waals surface area contributed by atoms with Gasteiger partial charge in [0.15, 0.2) is 5.13 Å². The first-order valence-corrected chi connectivity index (χ1v) is 9.12. The van der Waals surface area contributed by atoms with Crippen molar-refractivity contribution in [2.45, 2.75) is 31.6 Å². The maximum absolute atomic E-state index is 12.1. The third-order valence-electron chi connectivity index (χ3n) is 4.67. The highest BCUT2D eigenvalue weighted by atomic mass is 32.1. The molecule has 1 aromatic carbocycles. The molecule has 1 amide bonds. The summed E-state index contributed by atoms with van der Waals surface area (Å²) in [6.07, 6.45) is 4.12. The lowest BCUT2D eigenvalue weighted by molar-refractivity contribution is -0.116. The second-order valence-electron chi connectivity index (χ2n) is 6.30. The fraction of sp³-hybridized carbons (Fsp3) is 0.389. The summed E-state index contributed by atoms with van der Waals surface area (Å²) in [5.41, 5.74) is 1.71. The predicted molar refractivity (Wildman–Crippen MR) is 94.4 cm³/mol. The van der Waals surface area contributed by atoms with Gasteiger partial charge in [0.05, 0.1) is 16.5 Å². The van der Waals surface area contributed by atoms with Crippen LogP contribution in [0.15, 0.2) is 24.3 Å². The molecule has 2 aliphatic heterocycles. The van der Waals surface area contributed by atoms with Crippen molar-refractivity contribution >= 4 is 28.2 Å². The molecule has 5 nitrogen and oxygen atoms in total. The van der Waals surface area contributed by atoms with Crippen molar-refractivity contribution in [3.63, 3.8) is 0 Å². The zero-order chi connectivity index (χ0) is 16.5. The molecule has 1 fully saturated rings. The number of nitrogens with one attached hydrogen (secondary N) is 1. The highest BCUT2D eigenvalue weighted by Gasteiger charge is 2.31. The number of rotatable bonds is 2. The van der Waals surface area contributed by atoms with Crippen LogP contribution in [0.3, 0.4) is 0 Å². The SMILES string of the molecule is N#Cc1ccc(C2CC(=O)Nc3nc(N4CCCCC4)sc32)cc1. The average Bonchev–Trinajstić information content (AvgIpc) is 3.06. The quantitative estimate of drug-likeness (QED) is 0.910. The van der Waals surface area contributed by atoms with E-state index in [0.717, 1.165) is 28.7 Å². The summed E-state index contributed by atoms with van der Waals surface area (Å²) in [5, 5.41) is 12.9. The molecule has 0 aliphatic carbocycles. The molecule has 3 heterocycles. The van der Waals surface area contributed by atoms with Crippen LogP contribution >= 0.6 is 11.3 Å². The summed E-state index contributed by atoms with van der Waals surface area (Å²) in [7, 11) is 0. The summed E-state index contributed by atoms with van der Waals surface area (Å²) < 4.78 is 0. The van der Waals surface area contributed by atoms with Crippen molar-refractivity contribution in [1.82, 2.24) is 4.98 Å². The van der Waals surface area contributed by atoms with Gasteiger partial charge in [-0.05, 0) is 37.0 Å². The number of carbonyl (C=O) groups is 1. The van der Waals surface area contributed by atoms with Crippen molar-refractivity contribution in [2.75, 3.05) is 23.3 Å². The van der Waals surface area contributed by atoms with Gasteiger partial charge in [-0.2, -0.15) is 5.26 Å². The highest BCUT2D eigenvalue weighted by Crippen LogP contribution is 2.43. The summed E-state index contributed by atoms with van der Waals surface area (Å²) in [4.78, 5) is 20.3. The van der Waals surface area contributed by atoms with E-state index >= 15 is 0 Å². The zero-order valence-corrected chi connectivity index (χ0v) is 14.1. The van der Waals surface area contributed by atoms with E-state index in [0.29, 0.717) is 17.8 Å². The number of amides is 1. The van der Waals surface area contributed by atoms with E-state index in [1.54, 1.807) is 11.3 Å². The summed E-state index contributed by atoms with van der Waals surface area (Å²) in [6, 6.07) is 9.66. The maximum atomic E-state index is 12.1. The van der Waals surface area contributed by atoms with Crippen LogP contribution < -0.4 is 10.2 Å². The number of aromatic nitrogens is 1. The zero-order valence-electron chi connectivity index (χ0n) is 13.3. The van der Waals surface area contributed by atoms with E-state index < -0.39 is 0 Å². The van der Waals surface area contributed by atoms with Gasteiger partial charge in [0.25, 0.3) is 0 Å².